The highest BCUT2D eigenvalue weighted by molar-refractivity contribution is 5.69. The molecule has 4 nitrogen and oxygen atoms in total. The average Bonchev–Trinajstić information content (AvgIpc) is 3.52. The Balaban J connectivity index is 1.72. The molecule has 0 spiro atoms. The van der Waals surface area contributed by atoms with Crippen LogP contribution in [0.3, 0.4) is 0 Å². The molecule has 1 rings (SSSR count). The lowest BCUT2D eigenvalue weighted by Gasteiger charge is -2.12. The van der Waals surface area contributed by atoms with Gasteiger partial charge in [0.2, 0.25) is 0 Å². The van der Waals surface area contributed by atoms with E-state index in [1.54, 1.807) is 6.26 Å². The van der Waals surface area contributed by atoms with Crippen LogP contribution in [0.1, 0.15) is 187 Å². The van der Waals surface area contributed by atoms with Gasteiger partial charge in [0.05, 0.1) is 19.1 Å². The van der Waals surface area contributed by atoms with Crippen LogP contribution in [0.4, 0.5) is 0 Å². The van der Waals surface area contributed by atoms with Crippen molar-refractivity contribution in [2.24, 2.45) is 4.99 Å². The fourth-order valence-corrected chi connectivity index (χ4v) is 5.70. The molecule has 0 fully saturated rings. The van der Waals surface area contributed by atoms with Crippen molar-refractivity contribution in [2.75, 3.05) is 19.6 Å². The molecule has 1 heterocycles. The molecule has 0 aromatic rings. The first kappa shape index (κ1) is 38.4. The van der Waals surface area contributed by atoms with Crippen molar-refractivity contribution in [3.63, 3.8) is 0 Å². The van der Waals surface area contributed by atoms with Crippen LogP contribution in [-0.2, 0) is 9.53 Å². The Morgan fingerprint density at radius 2 is 1.07 bits per heavy atom. The van der Waals surface area contributed by atoms with Gasteiger partial charge in [0.1, 0.15) is 0 Å². The molecule has 1 aliphatic heterocycles. The summed E-state index contributed by atoms with van der Waals surface area (Å²) in [4.78, 5) is 18.5. The van der Waals surface area contributed by atoms with Crippen LogP contribution in [0.2, 0.25) is 0 Å². The number of ether oxygens (including phenoxy) is 1. The largest absolute Gasteiger partial charge is 0.435 e. The number of rotatable bonds is 32. The Morgan fingerprint density at radius 3 is 1.57 bits per heavy atom. The van der Waals surface area contributed by atoms with Crippen LogP contribution < -0.4 is 0 Å². The second kappa shape index (κ2) is 32.3. The third kappa shape index (κ3) is 28.5. The SMILES string of the molecule is CCCCCCCCCCCCCCCC=COC(=O)CCCCCCC/C=C\CCCCCCCCN1C=NCC1. The molecular formula is C38H70N2O2. The molecule has 0 saturated heterocycles. The van der Waals surface area contributed by atoms with Crippen molar-refractivity contribution in [2.45, 2.75) is 187 Å². The van der Waals surface area contributed by atoms with Crippen molar-refractivity contribution in [3.8, 4) is 0 Å². The van der Waals surface area contributed by atoms with Gasteiger partial charge in [-0.2, -0.15) is 0 Å². The van der Waals surface area contributed by atoms with Crippen LogP contribution in [-0.4, -0.2) is 36.8 Å². The summed E-state index contributed by atoms with van der Waals surface area (Å²) in [6.45, 7) is 5.59. The smallest absolute Gasteiger partial charge is 0.310 e. The summed E-state index contributed by atoms with van der Waals surface area (Å²) in [7, 11) is 0. The summed E-state index contributed by atoms with van der Waals surface area (Å²) < 4.78 is 5.26. The summed E-state index contributed by atoms with van der Waals surface area (Å²) in [5, 5.41) is 0. The van der Waals surface area contributed by atoms with Crippen molar-refractivity contribution >= 4 is 12.3 Å². The van der Waals surface area contributed by atoms with E-state index < -0.39 is 0 Å². The zero-order valence-electron chi connectivity index (χ0n) is 28.0. The van der Waals surface area contributed by atoms with Crippen LogP contribution in [0.25, 0.3) is 0 Å². The monoisotopic (exact) mass is 587 g/mol. The van der Waals surface area contributed by atoms with Crippen molar-refractivity contribution in [1.29, 1.82) is 0 Å². The van der Waals surface area contributed by atoms with E-state index in [1.165, 1.54) is 161 Å². The Kier molecular flexibility index (Phi) is 29.6. The number of hydrogen-bond donors (Lipinski definition) is 0. The summed E-state index contributed by atoms with van der Waals surface area (Å²) in [6, 6.07) is 0. The molecule has 0 aromatic carbocycles. The lowest BCUT2D eigenvalue weighted by molar-refractivity contribution is -0.138. The summed E-state index contributed by atoms with van der Waals surface area (Å²) in [6.07, 6.45) is 46.4. The van der Waals surface area contributed by atoms with E-state index in [1.807, 2.05) is 12.4 Å². The summed E-state index contributed by atoms with van der Waals surface area (Å²) in [5.74, 6) is -0.0726. The lowest BCUT2D eigenvalue weighted by atomic mass is 10.0. The highest BCUT2D eigenvalue weighted by Crippen LogP contribution is 2.14. The lowest BCUT2D eigenvalue weighted by Crippen LogP contribution is -2.20. The molecular weight excluding hydrogens is 516 g/mol. The molecule has 0 atom stereocenters. The van der Waals surface area contributed by atoms with Crippen LogP contribution in [0.15, 0.2) is 29.5 Å². The zero-order chi connectivity index (χ0) is 30.0. The maximum absolute atomic E-state index is 11.9. The fraction of sp³-hybridized carbons (Fsp3) is 0.842. The van der Waals surface area contributed by atoms with Gasteiger partial charge in [-0.3, -0.25) is 9.79 Å². The van der Waals surface area contributed by atoms with E-state index in [-0.39, 0.29) is 5.97 Å². The predicted octanol–water partition coefficient (Wildman–Crippen LogP) is 11.9. The van der Waals surface area contributed by atoms with E-state index in [2.05, 4.69) is 29.0 Å². The van der Waals surface area contributed by atoms with E-state index in [0.717, 1.165) is 32.4 Å². The standard InChI is InChI=1S/C38H70N2O2/c1-2-3-4-5-6-7-8-9-13-16-19-22-25-28-31-36-42-38(41)32-29-26-23-20-17-14-11-10-12-15-18-21-24-27-30-34-40-35-33-39-37-40/h10-11,31,36-37H,2-9,12-30,32-35H2,1H3/b11-10-,36-31?. The third-order valence-corrected chi connectivity index (χ3v) is 8.52. The normalized spacial score (nSPS) is 13.3. The Bertz CT molecular complexity index is 657. The number of allylic oxidation sites excluding steroid dienone is 3. The van der Waals surface area contributed by atoms with Gasteiger partial charge in [0.25, 0.3) is 0 Å². The highest BCUT2D eigenvalue weighted by Gasteiger charge is 2.04. The highest BCUT2D eigenvalue weighted by atomic mass is 16.5. The zero-order valence-corrected chi connectivity index (χ0v) is 28.0. The van der Waals surface area contributed by atoms with Crippen molar-refractivity contribution < 1.29 is 9.53 Å². The maximum Gasteiger partial charge on any atom is 0.310 e. The molecule has 0 aromatic heterocycles. The molecule has 1 aliphatic rings. The van der Waals surface area contributed by atoms with Gasteiger partial charge in [0, 0.05) is 19.5 Å². The predicted molar refractivity (Wildman–Crippen MR) is 184 cm³/mol. The quantitative estimate of drug-likeness (QED) is 0.0341. The minimum atomic E-state index is -0.0726. The Labute approximate surface area is 262 Å². The number of unbranched alkanes of at least 4 members (excludes halogenated alkanes) is 24. The maximum atomic E-state index is 11.9. The van der Waals surface area contributed by atoms with E-state index in [0.29, 0.717) is 6.42 Å². The van der Waals surface area contributed by atoms with E-state index in [4.69, 9.17) is 4.74 Å². The Hall–Kier alpha value is -1.58. The fourth-order valence-electron chi connectivity index (χ4n) is 5.70. The number of carbonyl (C=O) groups is 1. The van der Waals surface area contributed by atoms with E-state index in [9.17, 15) is 4.79 Å². The number of hydrogen-bond acceptors (Lipinski definition) is 4. The van der Waals surface area contributed by atoms with Crippen molar-refractivity contribution in [3.05, 3.63) is 24.5 Å². The topological polar surface area (TPSA) is 41.9 Å². The first-order valence-electron chi connectivity index (χ1n) is 18.6. The third-order valence-electron chi connectivity index (χ3n) is 8.52. The van der Waals surface area contributed by atoms with Gasteiger partial charge < -0.3 is 9.64 Å². The van der Waals surface area contributed by atoms with Crippen molar-refractivity contribution in [1.82, 2.24) is 4.90 Å². The van der Waals surface area contributed by atoms with Gasteiger partial charge in [0.15, 0.2) is 0 Å². The molecule has 0 N–H and O–H groups in total. The minimum absolute atomic E-state index is 0.0726. The van der Waals surface area contributed by atoms with Gasteiger partial charge in [-0.05, 0) is 57.4 Å². The summed E-state index contributed by atoms with van der Waals surface area (Å²) in [5.41, 5.74) is 0. The molecule has 0 amide bonds. The molecule has 4 heteroatoms. The van der Waals surface area contributed by atoms with Gasteiger partial charge >= 0.3 is 5.97 Å². The minimum Gasteiger partial charge on any atom is -0.435 e. The second-order valence-electron chi connectivity index (χ2n) is 12.6. The molecule has 42 heavy (non-hydrogen) atoms. The number of carbonyl (C=O) groups excluding carboxylic acids is 1. The van der Waals surface area contributed by atoms with Crippen LogP contribution in [0.5, 0.6) is 0 Å². The van der Waals surface area contributed by atoms with Crippen LogP contribution in [0, 0.1) is 0 Å². The first-order chi connectivity index (χ1) is 20.8. The molecule has 244 valence electrons. The number of nitrogens with zero attached hydrogens (tertiary/aromatic N) is 2. The van der Waals surface area contributed by atoms with Gasteiger partial charge in [-0.15, -0.1) is 0 Å². The molecule has 0 aliphatic carbocycles. The summed E-state index contributed by atoms with van der Waals surface area (Å²) >= 11 is 0. The van der Waals surface area contributed by atoms with Gasteiger partial charge in [-0.1, -0.05) is 141 Å². The molecule has 0 bridgehead atoms. The van der Waals surface area contributed by atoms with Gasteiger partial charge in [-0.25, -0.2) is 0 Å². The Morgan fingerprint density at radius 1 is 0.619 bits per heavy atom. The van der Waals surface area contributed by atoms with Crippen LogP contribution >= 0.6 is 0 Å². The van der Waals surface area contributed by atoms with E-state index >= 15 is 0 Å². The average molecular weight is 587 g/mol. The second-order valence-corrected chi connectivity index (χ2v) is 12.6. The molecule has 0 radical (unpaired) electrons. The molecule has 0 unspecified atom stereocenters. The number of aliphatic imine (C=N–C) groups is 1. The molecule has 0 saturated carbocycles. The first-order valence-corrected chi connectivity index (χ1v) is 18.6. The number of esters is 1.